The maximum absolute atomic E-state index is 11.7. The second kappa shape index (κ2) is 5.35. The van der Waals surface area contributed by atoms with Gasteiger partial charge in [0.15, 0.2) is 0 Å². The summed E-state index contributed by atoms with van der Waals surface area (Å²) in [5.41, 5.74) is 3.02. The first-order valence-corrected chi connectivity index (χ1v) is 6.24. The molecule has 2 heteroatoms. The smallest absolute Gasteiger partial charge is 0.253 e. The van der Waals surface area contributed by atoms with Crippen LogP contribution < -0.4 is 0 Å². The van der Waals surface area contributed by atoms with Crippen LogP contribution in [0.2, 0.25) is 0 Å². The number of likely N-dealkylation sites (tertiary alicyclic amines) is 1. The predicted octanol–water partition coefficient (Wildman–Crippen LogP) is 3.32. The molecule has 0 aromatic rings. The van der Waals surface area contributed by atoms with Gasteiger partial charge in [-0.05, 0) is 31.8 Å². The number of hydrogen-bond donors (Lipinski definition) is 0. The van der Waals surface area contributed by atoms with Gasteiger partial charge in [0.2, 0.25) is 0 Å². The van der Waals surface area contributed by atoms with Crippen molar-refractivity contribution in [2.45, 2.75) is 40.2 Å². The van der Waals surface area contributed by atoms with Gasteiger partial charge in [0, 0.05) is 12.6 Å². The minimum absolute atomic E-state index is 0.0401. The van der Waals surface area contributed by atoms with E-state index in [-0.39, 0.29) is 11.9 Å². The van der Waals surface area contributed by atoms with Crippen LogP contribution in [0, 0.1) is 5.92 Å². The molecule has 0 aliphatic carbocycles. The fourth-order valence-electron chi connectivity index (χ4n) is 1.92. The van der Waals surface area contributed by atoms with Crippen LogP contribution in [0.25, 0.3) is 0 Å². The number of hydrogen-bond acceptors (Lipinski definition) is 1. The summed E-state index contributed by atoms with van der Waals surface area (Å²) in [5, 5.41) is 0. The number of nitrogens with zero attached hydrogens (tertiary/aromatic N) is 1. The molecule has 1 heterocycles. The summed E-state index contributed by atoms with van der Waals surface area (Å²) in [4.78, 5) is 13.5. The van der Waals surface area contributed by atoms with Crippen LogP contribution >= 0.6 is 0 Å². The van der Waals surface area contributed by atoms with E-state index in [1.165, 1.54) is 5.57 Å². The third-order valence-electron chi connectivity index (χ3n) is 3.87. The Morgan fingerprint density at radius 3 is 2.59 bits per heavy atom. The van der Waals surface area contributed by atoms with Crippen molar-refractivity contribution in [2.24, 2.45) is 5.92 Å². The molecule has 0 aromatic heterocycles. The van der Waals surface area contributed by atoms with E-state index in [0.29, 0.717) is 11.5 Å². The van der Waals surface area contributed by atoms with Gasteiger partial charge < -0.3 is 4.90 Å². The van der Waals surface area contributed by atoms with Crippen LogP contribution in [0.15, 0.2) is 35.5 Å². The van der Waals surface area contributed by atoms with E-state index >= 15 is 0 Å². The normalized spacial score (nSPS) is 25.9. The lowest BCUT2D eigenvalue weighted by molar-refractivity contribution is -0.124. The van der Waals surface area contributed by atoms with Gasteiger partial charge in [-0.3, -0.25) is 4.79 Å². The minimum Gasteiger partial charge on any atom is -0.335 e. The fraction of sp³-hybridized carbons (Fsp3) is 0.533. The molecule has 1 rings (SSSR count). The van der Waals surface area contributed by atoms with Crippen molar-refractivity contribution >= 4 is 5.91 Å². The topological polar surface area (TPSA) is 20.3 Å². The molecule has 2 unspecified atom stereocenters. The average molecular weight is 233 g/mol. The Balaban J connectivity index is 2.94. The Hall–Kier alpha value is -1.31. The summed E-state index contributed by atoms with van der Waals surface area (Å²) in [6.07, 6.45) is 5.31. The molecular formula is C15H23NO. The van der Waals surface area contributed by atoms with Crippen molar-refractivity contribution in [1.29, 1.82) is 0 Å². The summed E-state index contributed by atoms with van der Waals surface area (Å²) >= 11 is 0. The summed E-state index contributed by atoms with van der Waals surface area (Å²) in [6.45, 7) is 12.4. The molecule has 2 nitrogen and oxygen atoms in total. The third kappa shape index (κ3) is 2.68. The van der Waals surface area contributed by atoms with E-state index in [1.807, 2.05) is 14.0 Å². The van der Waals surface area contributed by atoms with Crippen LogP contribution in [0.4, 0.5) is 0 Å². The van der Waals surface area contributed by atoms with Crippen LogP contribution in [0.1, 0.15) is 34.1 Å². The number of likely N-dealkylation sites (N-methyl/N-ethyl adjacent to an activating group) is 1. The SMILES string of the molecule is C=C1C(=O)N(C)C(C)/C1=C/C=C(/C)C(C)CC. The molecule has 0 radical (unpaired) electrons. The lowest BCUT2D eigenvalue weighted by Gasteiger charge is -2.14. The van der Waals surface area contributed by atoms with Gasteiger partial charge in [-0.15, -0.1) is 0 Å². The first-order valence-electron chi connectivity index (χ1n) is 6.24. The molecule has 2 atom stereocenters. The fourth-order valence-corrected chi connectivity index (χ4v) is 1.92. The van der Waals surface area contributed by atoms with Crippen LogP contribution in [-0.2, 0) is 4.79 Å². The molecule has 0 saturated carbocycles. The van der Waals surface area contributed by atoms with Gasteiger partial charge in [0.1, 0.15) is 0 Å². The Morgan fingerprint density at radius 2 is 2.18 bits per heavy atom. The number of allylic oxidation sites excluding steroid dienone is 3. The first kappa shape index (κ1) is 13.8. The van der Waals surface area contributed by atoms with E-state index in [1.54, 1.807) is 4.90 Å². The highest BCUT2D eigenvalue weighted by Gasteiger charge is 2.32. The van der Waals surface area contributed by atoms with Gasteiger partial charge in [-0.25, -0.2) is 0 Å². The zero-order chi connectivity index (χ0) is 13.2. The highest BCUT2D eigenvalue weighted by molar-refractivity contribution is 6.01. The molecule has 0 bridgehead atoms. The van der Waals surface area contributed by atoms with Crippen molar-refractivity contribution in [3.8, 4) is 0 Å². The van der Waals surface area contributed by atoms with E-state index < -0.39 is 0 Å². The van der Waals surface area contributed by atoms with E-state index in [0.717, 1.165) is 12.0 Å². The molecule has 1 saturated heterocycles. The Kier molecular flexibility index (Phi) is 4.33. The Bertz CT molecular complexity index is 390. The second-order valence-electron chi connectivity index (χ2n) is 4.91. The maximum Gasteiger partial charge on any atom is 0.253 e. The molecule has 1 aliphatic heterocycles. The largest absolute Gasteiger partial charge is 0.335 e. The summed E-state index contributed by atoms with van der Waals surface area (Å²) in [6, 6.07) is 0.135. The minimum atomic E-state index is 0.0401. The predicted molar refractivity (Wildman–Crippen MR) is 72.7 cm³/mol. The maximum atomic E-state index is 11.7. The molecule has 1 aliphatic rings. The van der Waals surface area contributed by atoms with Gasteiger partial charge in [0.25, 0.3) is 5.91 Å². The monoisotopic (exact) mass is 233 g/mol. The number of amides is 1. The number of rotatable bonds is 3. The second-order valence-corrected chi connectivity index (χ2v) is 4.91. The van der Waals surface area contributed by atoms with E-state index in [9.17, 15) is 4.79 Å². The molecule has 1 fully saturated rings. The van der Waals surface area contributed by atoms with Crippen LogP contribution in [0.5, 0.6) is 0 Å². The third-order valence-corrected chi connectivity index (χ3v) is 3.87. The van der Waals surface area contributed by atoms with Crippen LogP contribution in [0.3, 0.4) is 0 Å². The lowest BCUT2D eigenvalue weighted by Crippen LogP contribution is -2.26. The molecule has 1 amide bonds. The lowest BCUT2D eigenvalue weighted by atomic mass is 9.98. The zero-order valence-electron chi connectivity index (χ0n) is 11.6. The van der Waals surface area contributed by atoms with E-state index in [2.05, 4.69) is 39.5 Å². The zero-order valence-corrected chi connectivity index (χ0v) is 11.6. The Morgan fingerprint density at radius 1 is 1.59 bits per heavy atom. The molecule has 94 valence electrons. The molecule has 0 N–H and O–H groups in total. The van der Waals surface area contributed by atoms with Gasteiger partial charge in [-0.1, -0.05) is 38.2 Å². The van der Waals surface area contributed by atoms with Gasteiger partial charge >= 0.3 is 0 Å². The van der Waals surface area contributed by atoms with Gasteiger partial charge in [0.05, 0.1) is 6.04 Å². The molecule has 0 spiro atoms. The highest BCUT2D eigenvalue weighted by atomic mass is 16.2. The van der Waals surface area contributed by atoms with E-state index in [4.69, 9.17) is 0 Å². The first-order chi connectivity index (χ1) is 7.90. The molecule has 0 aromatic carbocycles. The Labute approximate surface area is 105 Å². The van der Waals surface area contributed by atoms with Crippen LogP contribution in [-0.4, -0.2) is 23.9 Å². The molecular weight excluding hydrogens is 210 g/mol. The van der Waals surface area contributed by atoms with Crippen molar-refractivity contribution in [1.82, 2.24) is 4.90 Å². The number of carbonyl (C=O) groups is 1. The average Bonchev–Trinajstić information content (AvgIpc) is 2.50. The van der Waals surface area contributed by atoms with Crippen molar-refractivity contribution < 1.29 is 4.79 Å². The van der Waals surface area contributed by atoms with Gasteiger partial charge in [-0.2, -0.15) is 0 Å². The highest BCUT2D eigenvalue weighted by Crippen LogP contribution is 2.27. The van der Waals surface area contributed by atoms with Crippen molar-refractivity contribution in [3.05, 3.63) is 35.5 Å². The van der Waals surface area contributed by atoms with Crippen molar-refractivity contribution in [3.63, 3.8) is 0 Å². The standard InChI is InChI=1S/C15H23NO/c1-7-10(2)11(3)8-9-14-12(4)15(17)16(6)13(14)5/h8-10,13H,4,7H2,1-3,5-6H3/b11-8-,14-9+. The molecule has 17 heavy (non-hydrogen) atoms. The quantitative estimate of drug-likeness (QED) is 0.685. The summed E-state index contributed by atoms with van der Waals surface area (Å²) < 4.78 is 0. The van der Waals surface area contributed by atoms with Crippen molar-refractivity contribution in [2.75, 3.05) is 7.05 Å². The number of carbonyl (C=O) groups excluding carboxylic acids is 1. The summed E-state index contributed by atoms with van der Waals surface area (Å²) in [5.74, 6) is 0.628. The summed E-state index contributed by atoms with van der Waals surface area (Å²) in [7, 11) is 1.82.